The second kappa shape index (κ2) is 4.17. The van der Waals surface area contributed by atoms with E-state index >= 15 is 0 Å². The van der Waals surface area contributed by atoms with Crippen molar-refractivity contribution >= 4 is 15.3 Å². The highest BCUT2D eigenvalue weighted by molar-refractivity contribution is 7.53. The summed E-state index contributed by atoms with van der Waals surface area (Å²) in [5.74, 6) is 0. The van der Waals surface area contributed by atoms with Gasteiger partial charge in [0.1, 0.15) is 0 Å². The van der Waals surface area contributed by atoms with Gasteiger partial charge in [0.15, 0.2) is 0 Å². The number of hydrogen-bond donors (Lipinski definition) is 6. The van der Waals surface area contributed by atoms with Gasteiger partial charge in [-0.2, -0.15) is 0 Å². The third-order valence-electron chi connectivity index (χ3n) is 0. The quantitative estimate of drug-likeness (QED) is 0.238. The van der Waals surface area contributed by atoms with Crippen LogP contribution >= 0.6 is 15.3 Å². The minimum atomic E-state index is -3.64. The molecule has 10 N–H and O–H groups in total. The van der Waals surface area contributed by atoms with E-state index in [1.165, 1.54) is 0 Å². The number of rotatable bonds is 0. The van der Waals surface area contributed by atoms with Crippen LogP contribution in [0.15, 0.2) is 0 Å². The first kappa shape index (κ1) is 12.9. The Hall–Kier alpha value is 0.220. The standard InChI is InChI=1S/2H5N2O2P/c2*1-5(2,3)4/h2*(H5,1,2,3,4). The molecular formula is H10N4O4P2. The Morgan fingerprint density at radius 3 is 0.800 bits per heavy atom. The third-order valence-corrected chi connectivity index (χ3v) is 0. The molecule has 0 aliphatic rings. The fourth-order valence-electron chi connectivity index (χ4n) is 0. The molecule has 0 bridgehead atoms. The fraction of sp³-hybridized carbons (Fsp3) is 0. The van der Waals surface area contributed by atoms with E-state index in [-0.39, 0.29) is 0 Å². The SMILES string of the molecule is NP(N)(=O)O.NP(N)(=O)O. The topological polar surface area (TPSA) is 179 Å². The molecule has 0 aromatic rings. The maximum absolute atomic E-state index is 9.33. The molecule has 0 saturated carbocycles. The van der Waals surface area contributed by atoms with Gasteiger partial charge in [-0.15, -0.1) is 0 Å². The molecule has 0 aliphatic heterocycles. The molecule has 10 heteroatoms. The Morgan fingerprint density at radius 1 is 0.800 bits per heavy atom. The minimum absolute atomic E-state index is 3.64. The Labute approximate surface area is 57.3 Å². The second-order valence-corrected chi connectivity index (χ2v) is 4.03. The maximum Gasteiger partial charge on any atom is 0.332 e. The van der Waals surface area contributed by atoms with E-state index in [2.05, 4.69) is 22.0 Å². The van der Waals surface area contributed by atoms with E-state index in [4.69, 9.17) is 9.79 Å². The summed E-state index contributed by atoms with van der Waals surface area (Å²) in [5, 5.41) is 0. The van der Waals surface area contributed by atoms with Crippen LogP contribution in [0.4, 0.5) is 0 Å². The largest absolute Gasteiger partial charge is 0.332 e. The highest BCUT2D eigenvalue weighted by atomic mass is 31.2. The molecule has 64 valence electrons. The predicted octanol–water partition coefficient (Wildman–Crippen LogP) is -1.99. The molecule has 0 saturated heterocycles. The van der Waals surface area contributed by atoms with Crippen molar-refractivity contribution in [3.05, 3.63) is 0 Å². The van der Waals surface area contributed by atoms with Crippen molar-refractivity contribution < 1.29 is 18.9 Å². The summed E-state index contributed by atoms with van der Waals surface area (Å²) in [6.45, 7) is 0. The second-order valence-electron chi connectivity index (χ2n) is 1.34. The fourth-order valence-corrected chi connectivity index (χ4v) is 0. The van der Waals surface area contributed by atoms with Gasteiger partial charge in [0.05, 0.1) is 0 Å². The molecule has 0 spiro atoms. The highest BCUT2D eigenvalue weighted by Gasteiger charge is 1.93. The first-order chi connectivity index (χ1) is 4.00. The molecule has 0 unspecified atom stereocenters. The maximum atomic E-state index is 9.33. The van der Waals surface area contributed by atoms with Gasteiger partial charge >= 0.3 is 15.3 Å². The minimum Gasteiger partial charge on any atom is -0.322 e. The summed E-state index contributed by atoms with van der Waals surface area (Å²) >= 11 is 0. The molecular weight excluding hydrogens is 182 g/mol. The number of hydrogen-bond acceptors (Lipinski definition) is 2. The first-order valence-electron chi connectivity index (χ1n) is 1.80. The summed E-state index contributed by atoms with van der Waals surface area (Å²) in [5.41, 5.74) is 17.0. The molecule has 10 heavy (non-hydrogen) atoms. The molecule has 0 amide bonds. The normalized spacial score (nSPS) is 11.8. The van der Waals surface area contributed by atoms with Crippen LogP contribution in [0.3, 0.4) is 0 Å². The summed E-state index contributed by atoms with van der Waals surface area (Å²) in [7, 11) is -7.28. The van der Waals surface area contributed by atoms with Gasteiger partial charge in [-0.3, -0.25) is 9.13 Å². The molecule has 0 aliphatic carbocycles. The lowest BCUT2D eigenvalue weighted by molar-refractivity contribution is 0.479. The number of nitrogens with two attached hydrogens (primary N) is 4. The zero-order valence-electron chi connectivity index (χ0n) is 4.91. The molecule has 0 heterocycles. The van der Waals surface area contributed by atoms with Gasteiger partial charge in [-0.05, 0) is 0 Å². The molecule has 0 fully saturated rings. The monoisotopic (exact) mass is 192 g/mol. The predicted molar refractivity (Wildman–Crippen MR) is 36.4 cm³/mol. The van der Waals surface area contributed by atoms with Crippen molar-refractivity contribution in [3.63, 3.8) is 0 Å². The van der Waals surface area contributed by atoms with Crippen LogP contribution in [0.2, 0.25) is 0 Å². The van der Waals surface area contributed by atoms with Crippen LogP contribution in [0.5, 0.6) is 0 Å². The van der Waals surface area contributed by atoms with Crippen molar-refractivity contribution in [1.29, 1.82) is 0 Å². The molecule has 0 radical (unpaired) electrons. The van der Waals surface area contributed by atoms with E-state index in [1.54, 1.807) is 0 Å². The van der Waals surface area contributed by atoms with Crippen LogP contribution < -0.4 is 22.0 Å². The lowest BCUT2D eigenvalue weighted by Gasteiger charge is -1.86. The first-order valence-corrected chi connectivity index (χ1v) is 5.39. The lowest BCUT2D eigenvalue weighted by atomic mass is 13.9. The Kier molecular flexibility index (Phi) is 5.36. The van der Waals surface area contributed by atoms with Gasteiger partial charge < -0.3 is 9.79 Å². The Balaban J connectivity index is 0. The van der Waals surface area contributed by atoms with Crippen molar-refractivity contribution in [1.82, 2.24) is 0 Å². The Morgan fingerprint density at radius 2 is 0.800 bits per heavy atom. The van der Waals surface area contributed by atoms with Gasteiger partial charge in [-0.25, -0.2) is 22.0 Å². The zero-order chi connectivity index (χ0) is 9.00. The molecule has 0 aromatic carbocycles. The molecule has 8 nitrogen and oxygen atoms in total. The molecule has 0 atom stereocenters. The average Bonchev–Trinajstić information content (AvgIpc) is 1.12. The van der Waals surface area contributed by atoms with Crippen LogP contribution in [0.1, 0.15) is 0 Å². The summed E-state index contributed by atoms with van der Waals surface area (Å²) in [6, 6.07) is 0. The smallest absolute Gasteiger partial charge is 0.322 e. The van der Waals surface area contributed by atoms with E-state index in [0.29, 0.717) is 0 Å². The average molecular weight is 192 g/mol. The van der Waals surface area contributed by atoms with Crippen molar-refractivity contribution in [3.8, 4) is 0 Å². The van der Waals surface area contributed by atoms with E-state index < -0.39 is 15.3 Å². The highest BCUT2D eigenvalue weighted by Crippen LogP contribution is 2.14. The van der Waals surface area contributed by atoms with Crippen LogP contribution in [-0.4, -0.2) is 9.79 Å². The summed E-state index contributed by atoms with van der Waals surface area (Å²) in [4.78, 5) is 15.3. The van der Waals surface area contributed by atoms with Crippen molar-refractivity contribution in [2.75, 3.05) is 0 Å². The lowest BCUT2D eigenvalue weighted by Crippen LogP contribution is -2.01. The van der Waals surface area contributed by atoms with E-state index in [0.717, 1.165) is 0 Å². The van der Waals surface area contributed by atoms with Gasteiger partial charge in [0, 0.05) is 0 Å². The van der Waals surface area contributed by atoms with Crippen LogP contribution in [0, 0.1) is 0 Å². The van der Waals surface area contributed by atoms with Crippen LogP contribution in [-0.2, 0) is 9.13 Å². The third kappa shape index (κ3) is 8850. The van der Waals surface area contributed by atoms with Crippen molar-refractivity contribution in [2.45, 2.75) is 0 Å². The van der Waals surface area contributed by atoms with Crippen molar-refractivity contribution in [2.24, 2.45) is 22.0 Å². The van der Waals surface area contributed by atoms with E-state index in [9.17, 15) is 9.13 Å². The van der Waals surface area contributed by atoms with Gasteiger partial charge in [-0.1, -0.05) is 0 Å². The Bertz CT molecular complexity index is 128. The van der Waals surface area contributed by atoms with Crippen LogP contribution in [0.25, 0.3) is 0 Å². The molecule has 0 aromatic heterocycles. The zero-order valence-corrected chi connectivity index (χ0v) is 6.70. The summed E-state index contributed by atoms with van der Waals surface area (Å²) in [6.07, 6.45) is 0. The molecule has 0 rings (SSSR count). The van der Waals surface area contributed by atoms with E-state index in [1.807, 2.05) is 0 Å². The van der Waals surface area contributed by atoms with Gasteiger partial charge in [0.2, 0.25) is 0 Å². The summed E-state index contributed by atoms with van der Waals surface area (Å²) < 4.78 is 18.7. The van der Waals surface area contributed by atoms with Gasteiger partial charge in [0.25, 0.3) is 0 Å².